The van der Waals surface area contributed by atoms with Crippen molar-refractivity contribution in [3.63, 3.8) is 0 Å². The molecule has 0 fully saturated rings. The highest BCUT2D eigenvalue weighted by Gasteiger charge is 2.19. The first kappa shape index (κ1) is 6.21. The number of hydrogen-bond donors (Lipinski definition) is 0. The second kappa shape index (κ2) is 1.80. The fourth-order valence-electron chi connectivity index (χ4n) is 0.533. The molecular weight excluding hydrogens is 123 g/mol. The third-order valence-corrected chi connectivity index (χ3v) is 1.97. The Morgan fingerprint density at radius 1 is 1.62 bits per heavy atom. The lowest BCUT2D eigenvalue weighted by atomic mass is 10.1. The molecule has 0 aliphatic carbocycles. The van der Waals surface area contributed by atoms with Crippen LogP contribution in [0.2, 0.25) is 0 Å². The minimum atomic E-state index is -1.48. The molecule has 3 heteroatoms. The summed E-state index contributed by atoms with van der Waals surface area (Å²) in [6.07, 6.45) is 1.81. The van der Waals surface area contributed by atoms with Gasteiger partial charge in [-0.3, -0.25) is 0 Å². The van der Waals surface area contributed by atoms with Gasteiger partial charge in [-0.25, -0.2) is 0 Å². The normalized spacial score (nSPS) is 33.6. The fourth-order valence-corrected chi connectivity index (χ4v) is 1.60. The Kier molecular flexibility index (Phi) is 1.40. The summed E-state index contributed by atoms with van der Waals surface area (Å²) in [5, 5.41) is 0. The fraction of sp³-hybridized carbons (Fsp3) is 0.600. The van der Waals surface area contributed by atoms with Gasteiger partial charge in [0.1, 0.15) is 0 Å². The molecule has 0 aromatic heterocycles. The summed E-state index contributed by atoms with van der Waals surface area (Å²) in [5.41, 5.74) is -0.298. The third-order valence-electron chi connectivity index (χ3n) is 0.923. The Balaban J connectivity index is 2.58. The summed E-state index contributed by atoms with van der Waals surface area (Å²) in [4.78, 5) is 10.5. The molecule has 0 aromatic rings. The first-order valence-corrected chi connectivity index (χ1v) is 3.70. The molecule has 0 radical (unpaired) electrons. The van der Waals surface area contributed by atoms with Crippen LogP contribution in [-0.4, -0.2) is 5.60 Å². The molecule has 0 spiro atoms. The molecule has 1 aliphatic heterocycles. The first-order valence-electron chi connectivity index (χ1n) is 2.45. The molecule has 0 N–H and O–H groups in total. The minimum absolute atomic E-state index is 0.298. The summed E-state index contributed by atoms with van der Waals surface area (Å²) in [6.45, 7) is 3.76. The van der Waals surface area contributed by atoms with E-state index in [2.05, 4.69) is 0 Å². The predicted octanol–water partition coefficient (Wildman–Crippen LogP) is 0.981. The van der Waals surface area contributed by atoms with Crippen molar-refractivity contribution in [3.05, 3.63) is 11.9 Å². The molecule has 1 rings (SSSR count). The highest BCUT2D eigenvalue weighted by Crippen LogP contribution is 2.41. The summed E-state index contributed by atoms with van der Waals surface area (Å²) in [7, 11) is -1.48. The second-order valence-corrected chi connectivity index (χ2v) is 3.35. The van der Waals surface area contributed by atoms with Crippen LogP contribution in [-0.2, 0) is 4.52 Å². The maximum absolute atomic E-state index is 10.5. The molecule has 1 aliphatic rings. The Morgan fingerprint density at radius 2 is 2.25 bits per heavy atom. The van der Waals surface area contributed by atoms with Crippen molar-refractivity contribution in [2.45, 2.75) is 19.4 Å². The van der Waals surface area contributed by atoms with Crippen LogP contribution in [0.25, 0.3) is 0 Å². The van der Waals surface area contributed by atoms with Crippen LogP contribution in [0, 0.1) is 0 Å². The number of hydrogen-bond acceptors (Lipinski definition) is 2. The van der Waals surface area contributed by atoms with Gasteiger partial charge in [0.2, 0.25) is 0 Å². The minimum Gasteiger partial charge on any atom is -0.805 e. The van der Waals surface area contributed by atoms with Gasteiger partial charge in [0.15, 0.2) is 0 Å². The molecule has 0 saturated carbocycles. The Bertz CT molecular complexity index is 120. The molecule has 1 unspecified atom stereocenters. The van der Waals surface area contributed by atoms with E-state index in [1.807, 2.05) is 19.9 Å². The summed E-state index contributed by atoms with van der Waals surface area (Å²) >= 11 is 0. The van der Waals surface area contributed by atoms with Gasteiger partial charge in [-0.15, -0.1) is 0 Å². The predicted molar refractivity (Wildman–Crippen MR) is 31.2 cm³/mol. The summed E-state index contributed by atoms with van der Waals surface area (Å²) < 4.78 is 4.95. The second-order valence-electron chi connectivity index (χ2n) is 2.30. The molecule has 8 heavy (non-hydrogen) atoms. The highest BCUT2D eigenvalue weighted by atomic mass is 31.2. The van der Waals surface area contributed by atoms with Crippen LogP contribution in [0.4, 0.5) is 0 Å². The van der Waals surface area contributed by atoms with E-state index in [1.54, 1.807) is 5.82 Å². The van der Waals surface area contributed by atoms with Crippen molar-refractivity contribution < 1.29 is 9.42 Å². The third kappa shape index (κ3) is 1.28. The molecule has 1 atom stereocenters. The number of rotatable bonds is 0. The maximum atomic E-state index is 10.5. The maximum Gasteiger partial charge on any atom is 0.0840 e. The van der Waals surface area contributed by atoms with Gasteiger partial charge in [-0.2, -0.15) is 0 Å². The zero-order valence-corrected chi connectivity index (χ0v) is 5.81. The topological polar surface area (TPSA) is 32.3 Å². The van der Waals surface area contributed by atoms with Gasteiger partial charge in [0.25, 0.3) is 0 Å². The lowest BCUT2D eigenvalue weighted by Gasteiger charge is -2.21. The first-order chi connectivity index (χ1) is 3.60. The van der Waals surface area contributed by atoms with Crippen molar-refractivity contribution in [2.24, 2.45) is 0 Å². The van der Waals surface area contributed by atoms with Crippen molar-refractivity contribution in [1.82, 2.24) is 0 Å². The lowest BCUT2D eigenvalue weighted by Crippen LogP contribution is -2.15. The molecule has 1 heterocycles. The van der Waals surface area contributed by atoms with Crippen molar-refractivity contribution >= 4 is 8.38 Å². The molecule has 46 valence electrons. The zero-order chi connectivity index (χ0) is 6.20. The average molecular weight is 131 g/mol. The van der Waals surface area contributed by atoms with E-state index in [-0.39, 0.29) is 5.60 Å². The van der Waals surface area contributed by atoms with E-state index in [0.717, 1.165) is 0 Å². The van der Waals surface area contributed by atoms with Crippen molar-refractivity contribution in [2.75, 3.05) is 0 Å². The van der Waals surface area contributed by atoms with Crippen molar-refractivity contribution in [1.29, 1.82) is 0 Å². The quantitative estimate of drug-likeness (QED) is 0.459. The van der Waals surface area contributed by atoms with Crippen LogP contribution < -0.4 is 4.89 Å². The SMILES string of the molecule is CC1(C)C=CP([O-])O1. The summed E-state index contributed by atoms with van der Waals surface area (Å²) in [5.74, 6) is 1.59. The molecule has 0 aromatic carbocycles. The van der Waals surface area contributed by atoms with Crippen LogP contribution >= 0.6 is 8.38 Å². The van der Waals surface area contributed by atoms with E-state index < -0.39 is 8.38 Å². The van der Waals surface area contributed by atoms with E-state index in [9.17, 15) is 4.89 Å². The average Bonchev–Trinajstić information content (AvgIpc) is 1.82. The Hall–Kier alpha value is 0.0900. The largest absolute Gasteiger partial charge is 0.805 e. The molecular formula is C5H8O2P-. The molecule has 0 amide bonds. The van der Waals surface area contributed by atoms with Crippen LogP contribution in [0.15, 0.2) is 11.9 Å². The van der Waals surface area contributed by atoms with Gasteiger partial charge in [0, 0.05) is 0 Å². The zero-order valence-electron chi connectivity index (χ0n) is 4.92. The monoisotopic (exact) mass is 131 g/mol. The lowest BCUT2D eigenvalue weighted by molar-refractivity contribution is -0.180. The van der Waals surface area contributed by atoms with Gasteiger partial charge in [-0.1, -0.05) is 6.08 Å². The van der Waals surface area contributed by atoms with Crippen LogP contribution in [0.3, 0.4) is 0 Å². The summed E-state index contributed by atoms with van der Waals surface area (Å²) in [6, 6.07) is 0. The van der Waals surface area contributed by atoms with E-state index >= 15 is 0 Å². The Morgan fingerprint density at radius 3 is 2.38 bits per heavy atom. The standard InChI is InChI=1S/C5H8O2P/c1-5(2)3-4-8(6)7-5/h3-4H,1-2H3/q-1. The van der Waals surface area contributed by atoms with E-state index in [4.69, 9.17) is 4.52 Å². The Labute approximate surface area is 50.1 Å². The van der Waals surface area contributed by atoms with Gasteiger partial charge in [-0.05, 0) is 28.0 Å². The van der Waals surface area contributed by atoms with E-state index in [0.29, 0.717) is 0 Å². The van der Waals surface area contributed by atoms with Crippen LogP contribution in [0.5, 0.6) is 0 Å². The molecule has 2 nitrogen and oxygen atoms in total. The van der Waals surface area contributed by atoms with Gasteiger partial charge >= 0.3 is 0 Å². The smallest absolute Gasteiger partial charge is 0.0840 e. The van der Waals surface area contributed by atoms with E-state index in [1.165, 1.54) is 0 Å². The van der Waals surface area contributed by atoms with Crippen molar-refractivity contribution in [3.8, 4) is 0 Å². The van der Waals surface area contributed by atoms with Crippen LogP contribution in [0.1, 0.15) is 13.8 Å². The van der Waals surface area contributed by atoms with Gasteiger partial charge < -0.3 is 9.42 Å². The van der Waals surface area contributed by atoms with Gasteiger partial charge in [0.05, 0.1) is 5.60 Å². The highest BCUT2D eigenvalue weighted by molar-refractivity contribution is 7.48. The molecule has 0 saturated heterocycles. The molecule has 0 bridgehead atoms.